The first-order valence-corrected chi connectivity index (χ1v) is 5.64. The molecule has 6 heteroatoms. The number of rotatable bonds is 2. The van der Waals surface area contributed by atoms with Crippen molar-refractivity contribution in [1.29, 1.82) is 0 Å². The number of hydrogen-bond acceptors (Lipinski definition) is 3. The summed E-state index contributed by atoms with van der Waals surface area (Å²) in [5.74, 6) is -0.156. The van der Waals surface area contributed by atoms with E-state index in [-0.39, 0.29) is 5.78 Å². The van der Waals surface area contributed by atoms with Crippen LogP contribution >= 0.6 is 34.5 Å². The van der Waals surface area contributed by atoms with E-state index in [2.05, 4.69) is 5.10 Å². The van der Waals surface area contributed by atoms with Crippen molar-refractivity contribution in [3.05, 3.63) is 38.3 Å². The predicted octanol–water partition coefficient (Wildman–Crippen LogP) is 3.02. The highest BCUT2D eigenvalue weighted by atomic mass is 35.5. The second kappa shape index (κ2) is 3.96. The minimum absolute atomic E-state index is 0.156. The Hall–Kier alpha value is -0.840. The quantitative estimate of drug-likeness (QED) is 0.779. The summed E-state index contributed by atoms with van der Waals surface area (Å²) in [7, 11) is 1.67. The lowest BCUT2D eigenvalue weighted by Gasteiger charge is -1.98. The minimum atomic E-state index is -0.156. The lowest BCUT2D eigenvalue weighted by Crippen LogP contribution is -2.07. The van der Waals surface area contributed by atoms with Crippen LogP contribution < -0.4 is 0 Å². The fourth-order valence-corrected chi connectivity index (χ4v) is 2.45. The van der Waals surface area contributed by atoms with Gasteiger partial charge in [-0.3, -0.25) is 9.48 Å². The summed E-state index contributed by atoms with van der Waals surface area (Å²) < 4.78 is 2.04. The third kappa shape index (κ3) is 1.93. The van der Waals surface area contributed by atoms with Crippen LogP contribution in [0, 0.1) is 0 Å². The van der Waals surface area contributed by atoms with Crippen LogP contribution in [0.15, 0.2) is 18.3 Å². The Balaban J connectivity index is 2.45. The zero-order chi connectivity index (χ0) is 11.0. The van der Waals surface area contributed by atoms with Gasteiger partial charge in [0.25, 0.3) is 0 Å². The second-order valence-corrected chi connectivity index (χ2v) is 5.02. The van der Waals surface area contributed by atoms with Gasteiger partial charge in [-0.15, -0.1) is 11.3 Å². The first-order chi connectivity index (χ1) is 7.09. The molecule has 0 amide bonds. The highest BCUT2D eigenvalue weighted by molar-refractivity contribution is 7.18. The monoisotopic (exact) mass is 260 g/mol. The molecule has 0 saturated heterocycles. The van der Waals surface area contributed by atoms with Gasteiger partial charge in [0, 0.05) is 7.05 Å². The van der Waals surface area contributed by atoms with Gasteiger partial charge in [-0.2, -0.15) is 5.10 Å². The van der Waals surface area contributed by atoms with Gasteiger partial charge in [-0.05, 0) is 12.1 Å². The maximum atomic E-state index is 12.0. The molecule has 0 fully saturated rings. The summed E-state index contributed by atoms with van der Waals surface area (Å²) in [6.45, 7) is 0. The van der Waals surface area contributed by atoms with Gasteiger partial charge in [0.15, 0.2) is 0 Å². The first-order valence-electron chi connectivity index (χ1n) is 4.07. The molecule has 2 aromatic rings. The molecule has 78 valence electrons. The summed E-state index contributed by atoms with van der Waals surface area (Å²) in [5.41, 5.74) is 0.384. The van der Waals surface area contributed by atoms with E-state index in [9.17, 15) is 4.79 Å². The smallest absolute Gasteiger partial charge is 0.222 e. The highest BCUT2D eigenvalue weighted by Gasteiger charge is 2.18. The molecule has 0 spiro atoms. The van der Waals surface area contributed by atoms with Gasteiger partial charge in [-0.1, -0.05) is 23.2 Å². The van der Waals surface area contributed by atoms with Crippen LogP contribution in [-0.4, -0.2) is 15.6 Å². The fraction of sp³-hybridized carbons (Fsp3) is 0.111. The van der Waals surface area contributed by atoms with E-state index in [4.69, 9.17) is 23.2 Å². The summed E-state index contributed by atoms with van der Waals surface area (Å²) in [5, 5.41) is 4.26. The van der Waals surface area contributed by atoms with Crippen LogP contribution in [-0.2, 0) is 7.05 Å². The number of nitrogens with zero attached hydrogens (tertiary/aromatic N) is 2. The van der Waals surface area contributed by atoms with Crippen molar-refractivity contribution < 1.29 is 4.79 Å². The zero-order valence-electron chi connectivity index (χ0n) is 7.70. The van der Waals surface area contributed by atoms with E-state index in [0.717, 1.165) is 0 Å². The normalized spacial score (nSPS) is 10.6. The second-order valence-electron chi connectivity index (χ2n) is 2.90. The van der Waals surface area contributed by atoms with Crippen LogP contribution in [0.25, 0.3) is 0 Å². The van der Waals surface area contributed by atoms with E-state index in [1.54, 1.807) is 19.2 Å². The summed E-state index contributed by atoms with van der Waals surface area (Å²) in [6, 6.07) is 3.36. The third-order valence-electron chi connectivity index (χ3n) is 1.91. The summed E-state index contributed by atoms with van der Waals surface area (Å²) in [4.78, 5) is 12.5. The van der Waals surface area contributed by atoms with Gasteiger partial charge >= 0.3 is 0 Å². The molecule has 3 nitrogen and oxygen atoms in total. The van der Waals surface area contributed by atoms with E-state index >= 15 is 0 Å². The average Bonchev–Trinajstić information content (AvgIpc) is 2.73. The Morgan fingerprint density at radius 1 is 1.47 bits per heavy atom. The molecule has 0 unspecified atom stereocenters. The van der Waals surface area contributed by atoms with Crippen LogP contribution in [0.1, 0.15) is 15.4 Å². The molecule has 15 heavy (non-hydrogen) atoms. The first kappa shape index (κ1) is 10.7. The van der Waals surface area contributed by atoms with Crippen molar-refractivity contribution in [3.63, 3.8) is 0 Å². The Kier molecular flexibility index (Phi) is 2.82. The highest BCUT2D eigenvalue weighted by Crippen LogP contribution is 2.26. The van der Waals surface area contributed by atoms with E-state index in [1.807, 2.05) is 0 Å². The van der Waals surface area contributed by atoms with Crippen LogP contribution in [0.5, 0.6) is 0 Å². The molecule has 0 atom stereocenters. The number of thiophene rings is 1. The average molecular weight is 261 g/mol. The van der Waals surface area contributed by atoms with Crippen molar-refractivity contribution in [2.24, 2.45) is 7.05 Å². The molecule has 0 aliphatic carbocycles. The Bertz CT molecular complexity index is 498. The number of carbonyl (C=O) groups excluding carboxylic acids is 1. The molecule has 0 aromatic carbocycles. The van der Waals surface area contributed by atoms with Gasteiger partial charge in [0.2, 0.25) is 5.78 Å². The Labute approximate surface area is 100 Å². The van der Waals surface area contributed by atoms with E-state index in [0.29, 0.717) is 19.9 Å². The molecule has 0 radical (unpaired) electrons. The molecule has 0 aliphatic rings. The van der Waals surface area contributed by atoms with Crippen LogP contribution in [0.3, 0.4) is 0 Å². The van der Waals surface area contributed by atoms with Crippen molar-refractivity contribution in [2.45, 2.75) is 0 Å². The number of hydrogen-bond donors (Lipinski definition) is 0. The molecule has 2 aromatic heterocycles. The molecular formula is C9H6Cl2N2OS. The van der Waals surface area contributed by atoms with Crippen molar-refractivity contribution in [3.8, 4) is 0 Å². The summed E-state index contributed by atoms with van der Waals surface area (Å²) in [6.07, 6.45) is 1.45. The largest absolute Gasteiger partial charge is 0.286 e. The Morgan fingerprint density at radius 2 is 2.20 bits per heavy atom. The summed E-state index contributed by atoms with van der Waals surface area (Å²) >= 11 is 12.8. The SMILES string of the molecule is Cn1ncc(Cl)c1C(=O)c1ccc(Cl)s1. The molecular weight excluding hydrogens is 255 g/mol. The van der Waals surface area contributed by atoms with Crippen molar-refractivity contribution in [2.75, 3.05) is 0 Å². The number of ketones is 1. The van der Waals surface area contributed by atoms with Gasteiger partial charge < -0.3 is 0 Å². The Morgan fingerprint density at radius 3 is 2.67 bits per heavy atom. The number of aromatic nitrogens is 2. The van der Waals surface area contributed by atoms with Gasteiger partial charge in [0.1, 0.15) is 5.69 Å². The maximum absolute atomic E-state index is 12.0. The van der Waals surface area contributed by atoms with E-state index < -0.39 is 0 Å². The molecule has 0 bridgehead atoms. The van der Waals surface area contributed by atoms with Gasteiger partial charge in [-0.25, -0.2) is 0 Å². The molecule has 0 N–H and O–H groups in total. The third-order valence-corrected chi connectivity index (χ3v) is 3.41. The lowest BCUT2D eigenvalue weighted by molar-refractivity contribution is 0.103. The van der Waals surface area contributed by atoms with Crippen LogP contribution in [0.4, 0.5) is 0 Å². The molecule has 0 aliphatic heterocycles. The standard InChI is InChI=1S/C9H6Cl2N2OS/c1-13-8(5(10)4-12-13)9(14)6-2-3-7(11)15-6/h2-4H,1H3. The minimum Gasteiger partial charge on any atom is -0.286 e. The number of halogens is 2. The van der Waals surface area contributed by atoms with Gasteiger partial charge in [0.05, 0.1) is 20.4 Å². The predicted molar refractivity (Wildman–Crippen MR) is 61.0 cm³/mol. The lowest BCUT2D eigenvalue weighted by atomic mass is 10.2. The molecule has 2 heterocycles. The van der Waals surface area contributed by atoms with Crippen molar-refractivity contribution in [1.82, 2.24) is 9.78 Å². The number of aryl methyl sites for hydroxylation is 1. The zero-order valence-corrected chi connectivity index (χ0v) is 10.0. The van der Waals surface area contributed by atoms with Crippen LogP contribution in [0.2, 0.25) is 9.36 Å². The number of carbonyl (C=O) groups is 1. The fourth-order valence-electron chi connectivity index (χ4n) is 1.22. The maximum Gasteiger partial charge on any atom is 0.222 e. The van der Waals surface area contributed by atoms with E-state index in [1.165, 1.54) is 22.2 Å². The topological polar surface area (TPSA) is 34.9 Å². The molecule has 2 rings (SSSR count). The van der Waals surface area contributed by atoms with Crippen molar-refractivity contribution >= 4 is 40.3 Å². The molecule has 0 saturated carbocycles.